The molecule has 1 saturated carbocycles. The van der Waals surface area contributed by atoms with E-state index in [1.54, 1.807) is 13.8 Å². The summed E-state index contributed by atoms with van der Waals surface area (Å²) in [4.78, 5) is 16.3. The molecule has 7 heteroatoms. The molecule has 0 saturated heterocycles. The Morgan fingerprint density at radius 3 is 2.26 bits per heavy atom. The Bertz CT molecular complexity index is 1730. The molecule has 255 valence electrons. The maximum Gasteiger partial charge on any atom is 0.448 e. The van der Waals surface area contributed by atoms with Gasteiger partial charge in [0.05, 0.1) is 5.52 Å². The van der Waals surface area contributed by atoms with Crippen molar-refractivity contribution in [1.29, 1.82) is 0 Å². The number of pyridine rings is 1. The largest absolute Gasteiger partial charge is 0.504 e. The zero-order chi connectivity index (χ0) is 33.8. The van der Waals surface area contributed by atoms with Gasteiger partial charge in [-0.1, -0.05) is 102 Å². The fourth-order valence-corrected chi connectivity index (χ4v) is 6.69. The van der Waals surface area contributed by atoms with Crippen LogP contribution < -0.4 is 0 Å². The van der Waals surface area contributed by atoms with Crippen LogP contribution in [0, 0.1) is 31.7 Å². The number of alkyl halides is 3. The van der Waals surface area contributed by atoms with Crippen LogP contribution in [0.4, 0.5) is 13.2 Å². The minimum Gasteiger partial charge on any atom is -0.504 e. The number of ketones is 1. The van der Waals surface area contributed by atoms with E-state index in [2.05, 4.69) is 89.2 Å². The topological polar surface area (TPSA) is 50.2 Å². The molecule has 0 unspecified atom stereocenters. The Labute approximate surface area is 291 Å². The third kappa shape index (κ3) is 9.54. The van der Waals surface area contributed by atoms with Crippen LogP contribution in [-0.2, 0) is 36.7 Å². The number of carbonyl (C=O) groups excluding carboxylic acids is 1. The summed E-state index contributed by atoms with van der Waals surface area (Å²) in [6.45, 7) is 14.7. The van der Waals surface area contributed by atoms with Crippen molar-refractivity contribution in [2.24, 2.45) is 11.8 Å². The maximum absolute atomic E-state index is 11.8. The van der Waals surface area contributed by atoms with Crippen LogP contribution >= 0.6 is 0 Å². The van der Waals surface area contributed by atoms with Crippen molar-refractivity contribution in [1.82, 2.24) is 4.98 Å². The Hall–Kier alpha value is -3.02. The van der Waals surface area contributed by atoms with Crippen molar-refractivity contribution in [2.45, 2.75) is 105 Å². The van der Waals surface area contributed by atoms with Gasteiger partial charge in [0.1, 0.15) is 0 Å². The predicted molar refractivity (Wildman–Crippen MR) is 183 cm³/mol. The molecule has 1 aliphatic rings. The number of aryl methyl sites for hydroxylation is 2. The number of allylic oxidation sites excluding steroid dienone is 2. The Morgan fingerprint density at radius 2 is 1.66 bits per heavy atom. The molecule has 1 aliphatic carbocycles. The molecule has 1 heterocycles. The summed E-state index contributed by atoms with van der Waals surface area (Å²) >= 11 is 0. The van der Waals surface area contributed by atoms with E-state index in [0.717, 1.165) is 29.1 Å². The van der Waals surface area contributed by atoms with Crippen molar-refractivity contribution < 1.29 is 43.2 Å². The summed E-state index contributed by atoms with van der Waals surface area (Å²) in [5, 5.41) is 12.3. The quantitative estimate of drug-likeness (QED) is 0.115. The second-order valence-corrected chi connectivity index (χ2v) is 13.8. The summed E-state index contributed by atoms with van der Waals surface area (Å²) in [7, 11) is 0. The molecule has 0 aliphatic heterocycles. The van der Waals surface area contributed by atoms with Crippen molar-refractivity contribution in [3.05, 3.63) is 88.7 Å². The second kappa shape index (κ2) is 15.9. The molecule has 5 rings (SSSR count). The van der Waals surface area contributed by atoms with Crippen LogP contribution in [-0.4, -0.2) is 22.1 Å². The number of nitrogens with zero attached hydrogens (tertiary/aromatic N) is 1. The molecule has 4 aromatic rings. The Balaban J connectivity index is 0.000000342. The predicted octanol–water partition coefficient (Wildman–Crippen LogP) is 11.5. The summed E-state index contributed by atoms with van der Waals surface area (Å²) in [6, 6.07) is 21.6. The Kier molecular flexibility index (Phi) is 13.0. The molecule has 0 atom stereocenters. The molecular weight excluding hydrogens is 776 g/mol. The molecule has 1 N–H and O–H groups in total. The van der Waals surface area contributed by atoms with Gasteiger partial charge in [-0.2, -0.15) is 13.2 Å². The number of fused-ring (bicyclic) bond motifs is 2. The van der Waals surface area contributed by atoms with Gasteiger partial charge in [0.15, 0.2) is 5.78 Å². The molecule has 1 radical (unpaired) electrons. The van der Waals surface area contributed by atoms with Gasteiger partial charge < -0.3 is 5.11 Å². The van der Waals surface area contributed by atoms with Gasteiger partial charge in [-0.15, -0.1) is 29.1 Å². The smallest absolute Gasteiger partial charge is 0.448 e. The first kappa shape index (κ1) is 38.4. The van der Waals surface area contributed by atoms with E-state index in [-0.39, 0.29) is 31.6 Å². The monoisotopic (exact) mass is 823 g/mol. The molecule has 1 fully saturated rings. The number of hydrogen-bond donors (Lipinski definition) is 1. The summed E-state index contributed by atoms with van der Waals surface area (Å²) in [5.74, 6) is -2.14. The number of halogens is 3. The van der Waals surface area contributed by atoms with Crippen LogP contribution in [0.3, 0.4) is 0 Å². The van der Waals surface area contributed by atoms with Crippen molar-refractivity contribution >= 4 is 27.5 Å². The van der Waals surface area contributed by atoms with Gasteiger partial charge in [-0.25, -0.2) is 0 Å². The number of benzene rings is 3. The maximum atomic E-state index is 11.8. The SMILES string of the molecule is CCC(CC)C(=O)/C=C(\O)C(F)(F)F.Cc1cc(C)c2c(CC3CCCC3)cc(-c3[c-]c4ccccc4c(C(C)(C)C)c3)nc2c1.[Ir]. The molecule has 3 nitrogen and oxygen atoms in total. The van der Waals surface area contributed by atoms with E-state index >= 15 is 0 Å². The van der Waals surface area contributed by atoms with Crippen LogP contribution in [0.2, 0.25) is 0 Å². The van der Waals surface area contributed by atoms with Crippen LogP contribution in [0.25, 0.3) is 32.9 Å². The summed E-state index contributed by atoms with van der Waals surface area (Å²) in [6.07, 6.45) is 3.02. The van der Waals surface area contributed by atoms with Crippen molar-refractivity contribution in [3.8, 4) is 11.3 Å². The van der Waals surface area contributed by atoms with Gasteiger partial charge in [0.2, 0.25) is 5.76 Å². The molecule has 0 bridgehead atoms. The molecule has 3 aromatic carbocycles. The van der Waals surface area contributed by atoms with E-state index in [1.165, 1.54) is 64.1 Å². The van der Waals surface area contributed by atoms with Gasteiger partial charge in [-0.05, 0) is 67.2 Å². The molecular formula is C40H47F3IrNO2-. The number of aliphatic hydroxyl groups is 1. The first-order valence-corrected chi connectivity index (χ1v) is 16.5. The first-order valence-electron chi connectivity index (χ1n) is 16.5. The molecule has 0 spiro atoms. The third-order valence-corrected chi connectivity index (χ3v) is 9.13. The second-order valence-electron chi connectivity index (χ2n) is 13.8. The van der Waals surface area contributed by atoms with Gasteiger partial charge in [-0.3, -0.25) is 9.78 Å². The standard InChI is InChI=1S/C31H34N.C9H13F3O2.Ir/c1-20-14-21(2)30-25(16-22-10-6-7-11-22)19-28(32-29(30)15-20)24-17-23-12-8-9-13-26(23)27(18-24)31(3,4)5;1-3-6(4-2)7(13)5-8(14)9(10,11)12;/h8-9,12-15,18-19,22H,6-7,10-11,16H2,1-5H3;5-6,14H,3-4H2,1-2H3;/q-1;;/b;8-5-;. The average Bonchev–Trinajstić information content (AvgIpc) is 3.49. The minimum atomic E-state index is -4.83. The summed E-state index contributed by atoms with van der Waals surface area (Å²) < 4.78 is 35.4. The molecule has 1 aromatic heterocycles. The van der Waals surface area contributed by atoms with E-state index in [9.17, 15) is 18.0 Å². The molecule has 47 heavy (non-hydrogen) atoms. The summed E-state index contributed by atoms with van der Waals surface area (Å²) in [5.41, 5.74) is 8.82. The van der Waals surface area contributed by atoms with Crippen LogP contribution in [0.5, 0.6) is 0 Å². The fourth-order valence-electron chi connectivity index (χ4n) is 6.69. The Morgan fingerprint density at radius 1 is 1.02 bits per heavy atom. The molecule has 0 amide bonds. The van der Waals surface area contributed by atoms with Crippen molar-refractivity contribution in [3.63, 3.8) is 0 Å². The van der Waals surface area contributed by atoms with E-state index in [1.807, 2.05) is 0 Å². The number of hydrogen-bond acceptors (Lipinski definition) is 3. The third-order valence-electron chi connectivity index (χ3n) is 9.13. The number of rotatable bonds is 7. The number of carbonyl (C=O) groups is 1. The van der Waals surface area contributed by atoms with Gasteiger partial charge in [0.25, 0.3) is 0 Å². The normalized spacial score (nSPS) is 14.3. The minimum absolute atomic E-state index is 0. The van der Waals surface area contributed by atoms with Gasteiger partial charge >= 0.3 is 6.18 Å². The van der Waals surface area contributed by atoms with Crippen LogP contribution in [0.15, 0.2) is 60.4 Å². The zero-order valence-electron chi connectivity index (χ0n) is 28.6. The van der Waals surface area contributed by atoms with Crippen LogP contribution in [0.1, 0.15) is 95.4 Å². The zero-order valence-corrected chi connectivity index (χ0v) is 31.0. The average molecular weight is 823 g/mol. The first-order chi connectivity index (χ1) is 21.6. The number of aliphatic hydroxyl groups excluding tert-OH is 1. The van der Waals surface area contributed by atoms with E-state index < -0.39 is 23.6 Å². The fraction of sp³-hybridized carbons (Fsp3) is 0.450. The van der Waals surface area contributed by atoms with E-state index in [0.29, 0.717) is 12.8 Å². The number of aromatic nitrogens is 1. The van der Waals surface area contributed by atoms with E-state index in [4.69, 9.17) is 10.1 Å². The van der Waals surface area contributed by atoms with Gasteiger partial charge in [0, 0.05) is 43.2 Å². The van der Waals surface area contributed by atoms with Crippen molar-refractivity contribution in [2.75, 3.05) is 0 Å².